The van der Waals surface area contributed by atoms with Crippen molar-refractivity contribution in [3.63, 3.8) is 0 Å². The van der Waals surface area contributed by atoms with E-state index in [4.69, 9.17) is 17.3 Å². The van der Waals surface area contributed by atoms with Crippen molar-refractivity contribution in [2.45, 2.75) is 11.8 Å². The van der Waals surface area contributed by atoms with Crippen LogP contribution in [0, 0.1) is 0 Å². The highest BCUT2D eigenvalue weighted by molar-refractivity contribution is 8.08. The summed E-state index contributed by atoms with van der Waals surface area (Å²) >= 11 is 8.59. The van der Waals surface area contributed by atoms with E-state index in [0.29, 0.717) is 10.7 Å². The number of pyridine rings is 1. The SMILES string of the molecule is C/C=C(\Sc1ccccc1)c1ccc(NC(=O)c2nsc(N)c2Cl)cn1. The van der Waals surface area contributed by atoms with E-state index in [1.165, 1.54) is 0 Å². The second kappa shape index (κ2) is 8.35. The minimum absolute atomic E-state index is 0.118. The van der Waals surface area contributed by atoms with Crippen LogP contribution in [0.5, 0.6) is 0 Å². The summed E-state index contributed by atoms with van der Waals surface area (Å²) in [7, 11) is 0. The van der Waals surface area contributed by atoms with Gasteiger partial charge in [0.15, 0.2) is 5.69 Å². The molecule has 1 aromatic carbocycles. The first-order valence-corrected chi connectivity index (χ1v) is 9.63. The number of allylic oxidation sites excluding steroid dienone is 1. The van der Waals surface area contributed by atoms with E-state index in [9.17, 15) is 4.79 Å². The van der Waals surface area contributed by atoms with Crippen molar-refractivity contribution in [2.75, 3.05) is 11.1 Å². The van der Waals surface area contributed by atoms with Crippen LogP contribution in [0.2, 0.25) is 5.02 Å². The summed E-state index contributed by atoms with van der Waals surface area (Å²) < 4.78 is 3.96. The van der Waals surface area contributed by atoms with Crippen LogP contribution in [-0.2, 0) is 0 Å². The molecule has 3 aromatic rings. The summed E-state index contributed by atoms with van der Waals surface area (Å²) in [5, 5.41) is 3.22. The Bertz CT molecular complexity index is 940. The molecule has 0 aliphatic rings. The maximum Gasteiger partial charge on any atom is 0.277 e. The molecule has 2 aromatic heterocycles. The molecule has 0 aliphatic carbocycles. The van der Waals surface area contributed by atoms with Crippen molar-refractivity contribution in [1.82, 2.24) is 9.36 Å². The summed E-state index contributed by atoms with van der Waals surface area (Å²) in [6, 6.07) is 13.7. The van der Waals surface area contributed by atoms with E-state index < -0.39 is 5.91 Å². The van der Waals surface area contributed by atoms with Gasteiger partial charge in [-0.05, 0) is 42.7 Å². The van der Waals surface area contributed by atoms with E-state index in [0.717, 1.165) is 27.0 Å². The first-order chi connectivity index (χ1) is 12.6. The highest BCUT2D eigenvalue weighted by Crippen LogP contribution is 2.33. The number of nitrogens with one attached hydrogen (secondary N) is 1. The van der Waals surface area contributed by atoms with Gasteiger partial charge in [-0.25, -0.2) is 0 Å². The predicted molar refractivity (Wildman–Crippen MR) is 110 cm³/mol. The lowest BCUT2D eigenvalue weighted by Gasteiger charge is -2.08. The molecule has 0 saturated carbocycles. The lowest BCUT2D eigenvalue weighted by atomic mass is 10.3. The molecule has 0 fully saturated rings. The molecule has 1 amide bonds. The molecule has 0 spiro atoms. The Kier molecular flexibility index (Phi) is 5.92. The van der Waals surface area contributed by atoms with E-state index in [2.05, 4.69) is 14.7 Å². The number of hydrogen-bond donors (Lipinski definition) is 2. The van der Waals surface area contributed by atoms with Gasteiger partial charge in [0.1, 0.15) is 10.0 Å². The molecule has 0 aliphatic heterocycles. The van der Waals surface area contributed by atoms with Gasteiger partial charge in [-0.3, -0.25) is 9.78 Å². The number of nitrogen functional groups attached to an aromatic ring is 1. The minimum Gasteiger partial charge on any atom is -0.388 e. The maximum atomic E-state index is 12.2. The molecule has 5 nitrogen and oxygen atoms in total. The molecule has 132 valence electrons. The van der Waals surface area contributed by atoms with E-state index >= 15 is 0 Å². The largest absolute Gasteiger partial charge is 0.388 e. The van der Waals surface area contributed by atoms with Crippen molar-refractivity contribution in [2.24, 2.45) is 0 Å². The number of aromatic nitrogens is 2. The molecule has 8 heteroatoms. The Morgan fingerprint density at radius 3 is 2.62 bits per heavy atom. The van der Waals surface area contributed by atoms with Crippen LogP contribution in [0.4, 0.5) is 10.7 Å². The smallest absolute Gasteiger partial charge is 0.277 e. The molecule has 0 unspecified atom stereocenters. The third kappa shape index (κ3) is 4.24. The van der Waals surface area contributed by atoms with Crippen LogP contribution in [0.15, 0.2) is 59.6 Å². The van der Waals surface area contributed by atoms with Gasteiger partial charge in [-0.2, -0.15) is 4.37 Å². The minimum atomic E-state index is -0.414. The van der Waals surface area contributed by atoms with Gasteiger partial charge < -0.3 is 11.1 Å². The van der Waals surface area contributed by atoms with Crippen molar-refractivity contribution in [3.8, 4) is 0 Å². The maximum absolute atomic E-state index is 12.2. The van der Waals surface area contributed by atoms with Gasteiger partial charge in [0.25, 0.3) is 5.91 Å². The van der Waals surface area contributed by atoms with Crippen LogP contribution in [-0.4, -0.2) is 15.3 Å². The number of rotatable bonds is 5. The van der Waals surface area contributed by atoms with Crippen LogP contribution >= 0.6 is 34.9 Å². The summed E-state index contributed by atoms with van der Waals surface area (Å²) in [5.74, 6) is -0.414. The Morgan fingerprint density at radius 1 is 1.27 bits per heavy atom. The molecule has 0 radical (unpaired) electrons. The lowest BCUT2D eigenvalue weighted by Crippen LogP contribution is -2.13. The van der Waals surface area contributed by atoms with Crippen LogP contribution in [0.1, 0.15) is 23.1 Å². The fourth-order valence-corrected chi connectivity index (χ4v) is 3.82. The lowest BCUT2D eigenvalue weighted by molar-refractivity contribution is 0.102. The van der Waals surface area contributed by atoms with E-state index in [-0.39, 0.29) is 10.7 Å². The predicted octanol–water partition coefficient (Wildman–Crippen LogP) is 5.18. The number of anilines is 2. The monoisotopic (exact) mass is 402 g/mol. The molecule has 0 atom stereocenters. The normalized spacial score (nSPS) is 11.4. The molecule has 3 rings (SSSR count). The van der Waals surface area contributed by atoms with Crippen LogP contribution in [0.3, 0.4) is 0 Å². The van der Waals surface area contributed by atoms with Crippen molar-refractivity contribution in [3.05, 3.63) is 71.1 Å². The zero-order valence-electron chi connectivity index (χ0n) is 13.8. The topological polar surface area (TPSA) is 80.9 Å². The molecule has 0 bridgehead atoms. The highest BCUT2D eigenvalue weighted by Gasteiger charge is 2.17. The van der Waals surface area contributed by atoms with Gasteiger partial charge in [-0.1, -0.05) is 47.6 Å². The van der Waals surface area contributed by atoms with Gasteiger partial charge >= 0.3 is 0 Å². The third-order valence-corrected chi connectivity index (χ3v) is 5.72. The second-order valence-electron chi connectivity index (χ2n) is 5.16. The Labute approximate surface area is 164 Å². The summed E-state index contributed by atoms with van der Waals surface area (Å²) in [5.41, 5.74) is 7.13. The number of nitrogens with zero attached hydrogens (tertiary/aromatic N) is 2. The first-order valence-electron chi connectivity index (χ1n) is 7.66. The summed E-state index contributed by atoms with van der Waals surface area (Å²) in [6.45, 7) is 1.97. The van der Waals surface area contributed by atoms with Crippen molar-refractivity contribution in [1.29, 1.82) is 0 Å². The average Bonchev–Trinajstić information content (AvgIpc) is 3.00. The zero-order chi connectivity index (χ0) is 18.5. The third-order valence-electron chi connectivity index (χ3n) is 3.38. The number of amides is 1. The van der Waals surface area contributed by atoms with Crippen molar-refractivity contribution >= 4 is 56.4 Å². The number of thioether (sulfide) groups is 1. The Morgan fingerprint density at radius 2 is 2.04 bits per heavy atom. The molecular formula is C18H15ClN4OS2. The van der Waals surface area contributed by atoms with Crippen LogP contribution in [0.25, 0.3) is 4.91 Å². The molecule has 2 heterocycles. The average molecular weight is 403 g/mol. The zero-order valence-corrected chi connectivity index (χ0v) is 16.2. The summed E-state index contributed by atoms with van der Waals surface area (Å²) in [4.78, 5) is 18.8. The van der Waals surface area contributed by atoms with E-state index in [1.807, 2.05) is 49.4 Å². The van der Waals surface area contributed by atoms with Gasteiger partial charge in [0.2, 0.25) is 0 Å². The first kappa shape index (κ1) is 18.4. The molecule has 0 saturated heterocycles. The van der Waals surface area contributed by atoms with Crippen molar-refractivity contribution < 1.29 is 4.79 Å². The van der Waals surface area contributed by atoms with E-state index in [1.54, 1.807) is 24.0 Å². The number of nitrogens with two attached hydrogens (primary N) is 1. The standard InChI is InChI=1S/C18H15ClN4OS2/c1-2-14(25-12-6-4-3-5-7-12)13-9-8-11(10-21-13)22-18(24)16-15(19)17(20)26-23-16/h2-10H,20H2,1H3,(H,22,24)/b14-2-. The fraction of sp³-hybridized carbons (Fsp3) is 0.0556. The number of carbonyl (C=O) groups excluding carboxylic acids is 1. The van der Waals surface area contributed by atoms with Gasteiger partial charge in [0.05, 0.1) is 17.6 Å². The summed E-state index contributed by atoms with van der Waals surface area (Å²) in [6.07, 6.45) is 3.61. The molecular weight excluding hydrogens is 388 g/mol. The quantitative estimate of drug-likeness (QED) is 0.574. The Hall–Kier alpha value is -2.35. The van der Waals surface area contributed by atoms with Gasteiger partial charge in [-0.15, -0.1) is 0 Å². The molecule has 26 heavy (non-hydrogen) atoms. The van der Waals surface area contributed by atoms with Gasteiger partial charge in [0, 0.05) is 9.80 Å². The number of carbonyl (C=O) groups is 1. The molecule has 3 N–H and O–H groups in total. The highest BCUT2D eigenvalue weighted by atomic mass is 35.5. The number of benzene rings is 1. The van der Waals surface area contributed by atoms with Crippen LogP contribution < -0.4 is 11.1 Å². The number of halogens is 1. The number of hydrogen-bond acceptors (Lipinski definition) is 6. The second-order valence-corrected chi connectivity index (χ2v) is 7.46. The fourth-order valence-electron chi connectivity index (χ4n) is 2.11. The Balaban J connectivity index is 1.71.